The summed E-state index contributed by atoms with van der Waals surface area (Å²) in [6, 6.07) is 0. The first kappa shape index (κ1) is 18.6. The van der Waals surface area contributed by atoms with Crippen molar-refractivity contribution in [2.75, 3.05) is 13.1 Å². The lowest BCUT2D eigenvalue weighted by Gasteiger charge is -2.32. The maximum atomic E-state index is 12.8. The van der Waals surface area contributed by atoms with Crippen LogP contribution in [0.2, 0.25) is 0 Å². The summed E-state index contributed by atoms with van der Waals surface area (Å²) in [7, 11) is -3.37. The number of nitriles is 1. The summed E-state index contributed by atoms with van der Waals surface area (Å²) in [5.74, 6) is 2.43. The van der Waals surface area contributed by atoms with Crippen molar-refractivity contribution in [3.63, 3.8) is 0 Å². The fraction of sp³-hybridized carbons (Fsp3) is 0.929. The third-order valence-electron chi connectivity index (χ3n) is 3.04. The average molecular weight is 288 g/mol. The SMILES string of the molecule is CCCN(CCC)P(=O)(C#N)OC(C(C)C)C(C)C. The third kappa shape index (κ3) is 5.65. The Balaban J connectivity index is 5.12. The maximum absolute atomic E-state index is 12.8. The monoisotopic (exact) mass is 288 g/mol. The van der Waals surface area contributed by atoms with E-state index >= 15 is 0 Å². The molecule has 0 saturated heterocycles. The normalized spacial score (nSPS) is 15.2. The van der Waals surface area contributed by atoms with E-state index in [9.17, 15) is 9.83 Å². The van der Waals surface area contributed by atoms with Crippen molar-refractivity contribution in [2.24, 2.45) is 11.8 Å². The molecule has 0 rings (SSSR count). The highest BCUT2D eigenvalue weighted by Gasteiger charge is 2.36. The molecule has 1 unspecified atom stereocenters. The summed E-state index contributed by atoms with van der Waals surface area (Å²) in [6.07, 6.45) is 1.58. The topological polar surface area (TPSA) is 53.3 Å². The fourth-order valence-corrected chi connectivity index (χ4v) is 4.27. The third-order valence-corrected chi connectivity index (χ3v) is 4.97. The van der Waals surface area contributed by atoms with E-state index in [0.717, 1.165) is 12.8 Å². The summed E-state index contributed by atoms with van der Waals surface area (Å²) >= 11 is 0. The van der Waals surface area contributed by atoms with Crippen molar-refractivity contribution in [2.45, 2.75) is 60.5 Å². The first-order valence-corrected chi connectivity index (χ1v) is 8.85. The van der Waals surface area contributed by atoms with Gasteiger partial charge in [0, 0.05) is 13.1 Å². The molecule has 0 aliphatic rings. The van der Waals surface area contributed by atoms with Crippen LogP contribution < -0.4 is 0 Å². The summed E-state index contributed by atoms with van der Waals surface area (Å²) < 4.78 is 20.3. The van der Waals surface area contributed by atoms with Gasteiger partial charge in [0.25, 0.3) is 0 Å². The second kappa shape index (κ2) is 8.74. The van der Waals surface area contributed by atoms with Gasteiger partial charge < -0.3 is 4.52 Å². The van der Waals surface area contributed by atoms with Gasteiger partial charge in [0.15, 0.2) is 5.81 Å². The van der Waals surface area contributed by atoms with Gasteiger partial charge in [0.1, 0.15) is 0 Å². The molecule has 0 radical (unpaired) electrons. The summed E-state index contributed by atoms with van der Waals surface area (Å²) in [5.41, 5.74) is 0. The molecule has 0 aromatic heterocycles. The molecule has 0 aromatic carbocycles. The Morgan fingerprint density at radius 3 is 1.79 bits per heavy atom. The lowest BCUT2D eigenvalue weighted by atomic mass is 9.97. The highest BCUT2D eigenvalue weighted by Crippen LogP contribution is 2.52. The lowest BCUT2D eigenvalue weighted by molar-refractivity contribution is 0.0972. The van der Waals surface area contributed by atoms with Gasteiger partial charge in [-0.25, -0.2) is 4.67 Å². The molecule has 0 bridgehead atoms. The van der Waals surface area contributed by atoms with Crippen LogP contribution in [-0.4, -0.2) is 23.9 Å². The second-order valence-electron chi connectivity index (χ2n) is 5.63. The fourth-order valence-electron chi connectivity index (χ4n) is 2.22. The van der Waals surface area contributed by atoms with Crippen LogP contribution in [-0.2, 0) is 9.09 Å². The summed E-state index contributed by atoms with van der Waals surface area (Å²) in [4.78, 5) is 0. The standard InChI is InChI=1S/C14H29N2O2P/c1-7-9-16(10-8-2)19(17,11-15)18-14(12(3)4)13(5)6/h12-14H,7-10H2,1-6H3. The zero-order chi connectivity index (χ0) is 15.1. The Morgan fingerprint density at radius 2 is 1.53 bits per heavy atom. The van der Waals surface area contributed by atoms with Crippen LogP contribution in [0.15, 0.2) is 0 Å². The molecule has 5 heteroatoms. The van der Waals surface area contributed by atoms with Crippen molar-refractivity contribution in [1.82, 2.24) is 4.67 Å². The van der Waals surface area contributed by atoms with Gasteiger partial charge in [-0.05, 0) is 24.7 Å². The molecule has 112 valence electrons. The molecule has 0 aliphatic heterocycles. The molecule has 0 heterocycles. The quantitative estimate of drug-likeness (QED) is 0.587. The van der Waals surface area contributed by atoms with E-state index in [0.29, 0.717) is 13.1 Å². The highest BCUT2D eigenvalue weighted by atomic mass is 31.2. The van der Waals surface area contributed by atoms with Gasteiger partial charge in [-0.15, -0.1) is 0 Å². The van der Waals surface area contributed by atoms with Crippen LogP contribution in [0, 0.1) is 22.9 Å². The van der Waals surface area contributed by atoms with E-state index in [-0.39, 0.29) is 17.9 Å². The van der Waals surface area contributed by atoms with Crippen LogP contribution in [0.4, 0.5) is 0 Å². The number of rotatable bonds is 9. The zero-order valence-corrected chi connectivity index (χ0v) is 14.1. The van der Waals surface area contributed by atoms with Gasteiger partial charge in [-0.2, -0.15) is 5.26 Å². The van der Waals surface area contributed by atoms with Crippen LogP contribution >= 0.6 is 7.52 Å². The minimum Gasteiger partial charge on any atom is -0.303 e. The highest BCUT2D eigenvalue weighted by molar-refractivity contribution is 7.61. The van der Waals surface area contributed by atoms with E-state index < -0.39 is 7.52 Å². The van der Waals surface area contributed by atoms with Crippen LogP contribution in [0.3, 0.4) is 0 Å². The smallest absolute Gasteiger partial charge is 0.303 e. The molecule has 4 nitrogen and oxygen atoms in total. The molecule has 19 heavy (non-hydrogen) atoms. The van der Waals surface area contributed by atoms with Crippen molar-refractivity contribution >= 4 is 7.52 Å². The van der Waals surface area contributed by atoms with Crippen LogP contribution in [0.25, 0.3) is 0 Å². The first-order chi connectivity index (χ1) is 8.82. The van der Waals surface area contributed by atoms with Gasteiger partial charge in [0.05, 0.1) is 6.10 Å². The van der Waals surface area contributed by atoms with E-state index in [1.165, 1.54) is 0 Å². The number of hydrogen-bond acceptors (Lipinski definition) is 3. The van der Waals surface area contributed by atoms with Gasteiger partial charge in [-0.3, -0.25) is 4.57 Å². The molecule has 0 spiro atoms. The van der Waals surface area contributed by atoms with E-state index in [2.05, 4.69) is 0 Å². The molecular formula is C14H29N2O2P. The van der Waals surface area contributed by atoms with Crippen molar-refractivity contribution in [3.05, 3.63) is 0 Å². The molecule has 0 aliphatic carbocycles. The molecule has 0 fully saturated rings. The van der Waals surface area contributed by atoms with Crippen LogP contribution in [0.1, 0.15) is 54.4 Å². The molecule has 0 saturated carbocycles. The Kier molecular flexibility index (Phi) is 8.57. The Morgan fingerprint density at radius 1 is 1.11 bits per heavy atom. The van der Waals surface area contributed by atoms with E-state index in [1.54, 1.807) is 4.67 Å². The summed E-state index contributed by atoms with van der Waals surface area (Å²) in [6.45, 7) is 13.5. The zero-order valence-electron chi connectivity index (χ0n) is 13.2. The predicted molar refractivity (Wildman–Crippen MR) is 79.9 cm³/mol. The molecular weight excluding hydrogens is 259 g/mol. The lowest BCUT2D eigenvalue weighted by Crippen LogP contribution is -2.30. The average Bonchev–Trinajstić information content (AvgIpc) is 2.34. The Bertz CT molecular complexity index is 323. The minimum absolute atomic E-state index is 0.151. The van der Waals surface area contributed by atoms with E-state index in [1.807, 2.05) is 47.4 Å². The van der Waals surface area contributed by atoms with Gasteiger partial charge in [0.2, 0.25) is 0 Å². The maximum Gasteiger partial charge on any atom is 0.371 e. The predicted octanol–water partition coefficient (Wildman–Crippen LogP) is 4.48. The Hall–Kier alpha value is -0.360. The summed E-state index contributed by atoms with van der Waals surface area (Å²) in [5, 5.41) is 9.34. The van der Waals surface area contributed by atoms with Gasteiger partial charge >= 0.3 is 7.52 Å². The van der Waals surface area contributed by atoms with Gasteiger partial charge in [-0.1, -0.05) is 41.5 Å². The second-order valence-corrected chi connectivity index (χ2v) is 7.65. The largest absolute Gasteiger partial charge is 0.371 e. The first-order valence-electron chi connectivity index (χ1n) is 7.27. The molecule has 0 aromatic rings. The molecule has 0 amide bonds. The molecule has 1 atom stereocenters. The number of hydrogen-bond donors (Lipinski definition) is 0. The van der Waals surface area contributed by atoms with Crippen molar-refractivity contribution < 1.29 is 9.09 Å². The van der Waals surface area contributed by atoms with E-state index in [4.69, 9.17) is 4.52 Å². The number of nitrogens with zero attached hydrogens (tertiary/aromatic N) is 2. The Labute approximate surface area is 118 Å². The van der Waals surface area contributed by atoms with Crippen LogP contribution in [0.5, 0.6) is 0 Å². The van der Waals surface area contributed by atoms with Crippen molar-refractivity contribution in [3.8, 4) is 5.81 Å². The van der Waals surface area contributed by atoms with Crippen molar-refractivity contribution in [1.29, 1.82) is 5.26 Å². The molecule has 0 N–H and O–H groups in total. The minimum atomic E-state index is -3.37.